The van der Waals surface area contributed by atoms with Crippen LogP contribution in [0.5, 0.6) is 5.75 Å². The molecule has 1 saturated heterocycles. The van der Waals surface area contributed by atoms with E-state index >= 15 is 0 Å². The number of ether oxygens (including phenoxy) is 2. The van der Waals surface area contributed by atoms with Gasteiger partial charge in [0.1, 0.15) is 5.75 Å². The SMILES string of the molecule is COc1ccc(S(=O)(=O)Nc2ccc(C3C(C(=O)OC(C)C)=C(C)N=C4SCCCN43)cc2)cc1. The van der Waals surface area contributed by atoms with Gasteiger partial charge >= 0.3 is 5.97 Å². The topological polar surface area (TPSA) is 97.3 Å². The van der Waals surface area contributed by atoms with Crippen molar-refractivity contribution in [3.63, 3.8) is 0 Å². The number of sulfonamides is 1. The molecular formula is C25H29N3O5S2. The molecule has 8 nitrogen and oxygen atoms in total. The summed E-state index contributed by atoms with van der Waals surface area (Å²) in [5, 5.41) is 0.893. The normalized spacial score (nSPS) is 18.1. The lowest BCUT2D eigenvalue weighted by molar-refractivity contribution is -0.143. The lowest BCUT2D eigenvalue weighted by atomic mass is 9.94. The maximum Gasteiger partial charge on any atom is 0.338 e. The predicted molar refractivity (Wildman–Crippen MR) is 138 cm³/mol. The Hall–Kier alpha value is -2.98. The number of carbonyl (C=O) groups is 1. The van der Waals surface area contributed by atoms with E-state index in [1.165, 1.54) is 19.2 Å². The first-order valence-electron chi connectivity index (χ1n) is 11.4. The number of methoxy groups -OCH3 is 1. The molecule has 4 rings (SSSR count). The first-order chi connectivity index (χ1) is 16.7. The second kappa shape index (κ2) is 10.3. The molecule has 1 atom stereocenters. The van der Waals surface area contributed by atoms with Crippen molar-refractivity contribution >= 4 is 38.6 Å². The highest BCUT2D eigenvalue weighted by molar-refractivity contribution is 8.13. The molecule has 0 aromatic heterocycles. The van der Waals surface area contributed by atoms with Crippen molar-refractivity contribution in [3.8, 4) is 5.75 Å². The molecule has 1 unspecified atom stereocenters. The smallest absolute Gasteiger partial charge is 0.338 e. The van der Waals surface area contributed by atoms with E-state index in [0.29, 0.717) is 22.7 Å². The van der Waals surface area contributed by atoms with Crippen LogP contribution in [0.3, 0.4) is 0 Å². The fourth-order valence-electron chi connectivity index (χ4n) is 4.06. The number of rotatable bonds is 7. The Labute approximate surface area is 210 Å². The summed E-state index contributed by atoms with van der Waals surface area (Å²) in [7, 11) is -2.24. The van der Waals surface area contributed by atoms with Crippen LogP contribution in [-0.4, -0.2) is 50.0 Å². The summed E-state index contributed by atoms with van der Waals surface area (Å²) in [4.78, 5) is 20.0. The van der Waals surface area contributed by atoms with Gasteiger partial charge in [-0.3, -0.25) is 4.72 Å². The van der Waals surface area contributed by atoms with Crippen LogP contribution in [0.25, 0.3) is 0 Å². The Bertz CT molecular complexity index is 1250. The van der Waals surface area contributed by atoms with Crippen LogP contribution in [0.4, 0.5) is 5.69 Å². The van der Waals surface area contributed by atoms with Crippen LogP contribution in [0.15, 0.2) is 69.7 Å². The molecule has 0 radical (unpaired) electrons. The zero-order valence-corrected chi connectivity index (χ0v) is 21.8. The number of hydrogen-bond acceptors (Lipinski definition) is 8. The molecule has 0 saturated carbocycles. The number of benzene rings is 2. The molecule has 0 amide bonds. The molecule has 2 aliphatic heterocycles. The fourth-order valence-corrected chi connectivity index (χ4v) is 6.13. The molecule has 2 heterocycles. The van der Waals surface area contributed by atoms with Crippen LogP contribution in [0.2, 0.25) is 0 Å². The van der Waals surface area contributed by atoms with Gasteiger partial charge in [-0.1, -0.05) is 23.9 Å². The Morgan fingerprint density at radius 2 is 1.83 bits per heavy atom. The number of amidine groups is 1. The van der Waals surface area contributed by atoms with E-state index in [0.717, 1.165) is 29.4 Å². The predicted octanol–water partition coefficient (Wildman–Crippen LogP) is 4.57. The van der Waals surface area contributed by atoms with E-state index in [1.807, 2.05) is 32.9 Å². The van der Waals surface area contributed by atoms with Crippen molar-refractivity contribution in [1.82, 2.24) is 4.90 Å². The monoisotopic (exact) mass is 515 g/mol. The van der Waals surface area contributed by atoms with E-state index in [9.17, 15) is 13.2 Å². The van der Waals surface area contributed by atoms with Crippen molar-refractivity contribution in [2.75, 3.05) is 24.1 Å². The summed E-state index contributed by atoms with van der Waals surface area (Å²) in [5.41, 5.74) is 2.44. The van der Waals surface area contributed by atoms with Gasteiger partial charge in [-0.05, 0) is 69.2 Å². The van der Waals surface area contributed by atoms with Crippen molar-refractivity contribution in [1.29, 1.82) is 0 Å². The zero-order valence-electron chi connectivity index (χ0n) is 20.1. The van der Waals surface area contributed by atoms with Crippen LogP contribution in [0, 0.1) is 0 Å². The summed E-state index contributed by atoms with van der Waals surface area (Å²) in [6, 6.07) is 12.9. The largest absolute Gasteiger partial charge is 0.497 e. The lowest BCUT2D eigenvalue weighted by Crippen LogP contribution is -2.42. The van der Waals surface area contributed by atoms with E-state index in [4.69, 9.17) is 9.47 Å². The number of fused-ring (bicyclic) bond motifs is 1. The minimum absolute atomic E-state index is 0.137. The van der Waals surface area contributed by atoms with E-state index in [-0.39, 0.29) is 23.0 Å². The summed E-state index contributed by atoms with van der Waals surface area (Å²) in [6.45, 7) is 6.25. The van der Waals surface area contributed by atoms with Crippen molar-refractivity contribution in [2.45, 2.75) is 44.2 Å². The van der Waals surface area contributed by atoms with Gasteiger partial charge in [0.15, 0.2) is 5.17 Å². The maximum absolute atomic E-state index is 13.1. The van der Waals surface area contributed by atoms with Crippen molar-refractivity contribution in [2.24, 2.45) is 4.99 Å². The first kappa shape index (κ1) is 25.1. The molecule has 35 heavy (non-hydrogen) atoms. The molecule has 2 aliphatic rings. The van der Waals surface area contributed by atoms with Gasteiger partial charge in [0.25, 0.3) is 10.0 Å². The number of esters is 1. The van der Waals surface area contributed by atoms with E-state index in [1.54, 1.807) is 36.0 Å². The van der Waals surface area contributed by atoms with E-state index in [2.05, 4.69) is 14.6 Å². The number of anilines is 1. The van der Waals surface area contributed by atoms with Crippen molar-refractivity contribution < 1.29 is 22.7 Å². The average molecular weight is 516 g/mol. The Morgan fingerprint density at radius 3 is 2.46 bits per heavy atom. The summed E-state index contributed by atoms with van der Waals surface area (Å²) < 4.78 is 38.9. The third kappa shape index (κ3) is 5.48. The average Bonchev–Trinajstić information content (AvgIpc) is 2.83. The highest BCUT2D eigenvalue weighted by Crippen LogP contribution is 2.40. The fraction of sp³-hybridized carbons (Fsp3) is 0.360. The standard InChI is InChI=1S/C25H29N3O5S2/c1-16(2)33-24(29)22-17(3)26-25-28(14-5-15-34-25)23(22)18-6-8-19(9-7-18)27-35(30,31)21-12-10-20(32-4)11-13-21/h6-13,16,23,27H,5,14-15H2,1-4H3. The van der Waals surface area contributed by atoms with Gasteiger partial charge in [-0.25, -0.2) is 18.2 Å². The summed E-state index contributed by atoms with van der Waals surface area (Å²) in [6.07, 6.45) is 0.727. The summed E-state index contributed by atoms with van der Waals surface area (Å²) >= 11 is 1.68. The number of aliphatic imine (C=N–C) groups is 1. The van der Waals surface area contributed by atoms with Gasteiger partial charge in [-0.15, -0.1) is 0 Å². The molecule has 10 heteroatoms. The maximum atomic E-state index is 13.1. The minimum atomic E-state index is -3.76. The highest BCUT2D eigenvalue weighted by atomic mass is 32.2. The first-order valence-corrected chi connectivity index (χ1v) is 13.8. The van der Waals surface area contributed by atoms with Gasteiger partial charge in [0.2, 0.25) is 0 Å². The Morgan fingerprint density at radius 1 is 1.14 bits per heavy atom. The molecule has 0 bridgehead atoms. The molecule has 2 aromatic rings. The molecular weight excluding hydrogens is 486 g/mol. The second-order valence-electron chi connectivity index (χ2n) is 8.55. The number of nitrogens with zero attached hydrogens (tertiary/aromatic N) is 2. The van der Waals surface area contributed by atoms with Crippen LogP contribution in [0.1, 0.15) is 38.8 Å². The zero-order chi connectivity index (χ0) is 25.2. The number of nitrogens with one attached hydrogen (secondary N) is 1. The van der Waals surface area contributed by atoms with Crippen LogP contribution < -0.4 is 9.46 Å². The van der Waals surface area contributed by atoms with E-state index < -0.39 is 10.0 Å². The number of allylic oxidation sites excluding steroid dienone is 1. The quantitative estimate of drug-likeness (QED) is 0.540. The molecule has 1 fully saturated rings. The molecule has 0 spiro atoms. The second-order valence-corrected chi connectivity index (χ2v) is 11.3. The Balaban J connectivity index is 1.62. The van der Waals surface area contributed by atoms with Gasteiger partial charge < -0.3 is 14.4 Å². The summed E-state index contributed by atoms with van der Waals surface area (Å²) in [5.74, 6) is 1.17. The molecule has 186 valence electrons. The molecule has 1 N–H and O–H groups in total. The third-order valence-corrected chi connectivity index (χ3v) is 8.14. The lowest BCUT2D eigenvalue weighted by Gasteiger charge is -2.40. The molecule has 0 aliphatic carbocycles. The minimum Gasteiger partial charge on any atom is -0.497 e. The van der Waals surface area contributed by atoms with Crippen LogP contribution >= 0.6 is 11.8 Å². The number of thioether (sulfide) groups is 1. The van der Waals surface area contributed by atoms with Crippen molar-refractivity contribution in [3.05, 3.63) is 65.4 Å². The molecule has 2 aromatic carbocycles. The Kier molecular flexibility index (Phi) is 7.42. The number of hydrogen-bond donors (Lipinski definition) is 1. The van der Waals surface area contributed by atoms with Crippen LogP contribution in [-0.2, 0) is 19.6 Å². The van der Waals surface area contributed by atoms with Gasteiger partial charge in [0.05, 0.1) is 35.4 Å². The van der Waals surface area contributed by atoms with Gasteiger partial charge in [-0.2, -0.15) is 0 Å². The van der Waals surface area contributed by atoms with Gasteiger partial charge in [0, 0.05) is 18.0 Å². The number of carbonyl (C=O) groups excluding carboxylic acids is 1. The third-order valence-electron chi connectivity index (χ3n) is 5.67. The highest BCUT2D eigenvalue weighted by Gasteiger charge is 2.38.